The first-order chi connectivity index (χ1) is 5.81. The minimum Gasteiger partial charge on any atom is -0.463 e. The van der Waals surface area contributed by atoms with E-state index < -0.39 is 0 Å². The summed E-state index contributed by atoms with van der Waals surface area (Å²) in [5.41, 5.74) is 0. The van der Waals surface area contributed by atoms with Gasteiger partial charge in [-0.15, -0.1) is 12.3 Å². The van der Waals surface area contributed by atoms with Crippen LogP contribution in [0.1, 0.15) is 25.7 Å². The molecule has 0 radical (unpaired) electrons. The van der Waals surface area contributed by atoms with Crippen LogP contribution < -0.4 is 0 Å². The van der Waals surface area contributed by atoms with Crippen molar-refractivity contribution in [2.45, 2.75) is 25.7 Å². The molecule has 0 aliphatic carbocycles. The average Bonchev–Trinajstić information content (AvgIpc) is 2.10. The van der Waals surface area contributed by atoms with Crippen molar-refractivity contribution in [2.24, 2.45) is 0 Å². The zero-order valence-corrected chi connectivity index (χ0v) is 7.21. The molecule has 0 unspecified atom stereocenters. The molecule has 0 rings (SSSR count). The lowest BCUT2D eigenvalue weighted by Gasteiger charge is -1.99. The highest BCUT2D eigenvalue weighted by Crippen LogP contribution is 1.98. The van der Waals surface area contributed by atoms with Crippen molar-refractivity contribution >= 4 is 5.97 Å². The maximum absolute atomic E-state index is 10.5. The number of unbranched alkanes of at least 4 members (excludes halogenated alkanes) is 3. The lowest BCUT2D eigenvalue weighted by Crippen LogP contribution is -2.01. The van der Waals surface area contributed by atoms with Crippen LogP contribution in [0.5, 0.6) is 0 Å². The molecule has 0 spiro atoms. The first-order valence-electron chi connectivity index (χ1n) is 4.04. The van der Waals surface area contributed by atoms with Crippen LogP contribution >= 0.6 is 0 Å². The highest BCUT2D eigenvalue weighted by Gasteiger charge is 1.93. The van der Waals surface area contributed by atoms with Gasteiger partial charge in [-0.25, -0.2) is 4.79 Å². The van der Waals surface area contributed by atoms with E-state index in [0.717, 1.165) is 25.7 Å². The highest BCUT2D eigenvalue weighted by molar-refractivity contribution is 5.81. The summed E-state index contributed by atoms with van der Waals surface area (Å²) in [6.07, 6.45) is 9.92. The minimum atomic E-state index is -0.355. The molecule has 0 heterocycles. The first-order valence-corrected chi connectivity index (χ1v) is 4.04. The van der Waals surface area contributed by atoms with E-state index in [0.29, 0.717) is 6.61 Å². The molecule has 2 heteroatoms. The molecule has 0 saturated carbocycles. The van der Waals surface area contributed by atoms with Crippen LogP contribution in [0.3, 0.4) is 0 Å². The van der Waals surface area contributed by atoms with Gasteiger partial charge in [-0.05, 0) is 19.3 Å². The van der Waals surface area contributed by atoms with Crippen molar-refractivity contribution < 1.29 is 9.53 Å². The summed E-state index contributed by atoms with van der Waals surface area (Å²) in [6.45, 7) is 3.76. The molecule has 0 N–H and O–H groups in total. The van der Waals surface area contributed by atoms with Crippen molar-refractivity contribution in [3.8, 4) is 12.3 Å². The Labute approximate surface area is 73.6 Å². The maximum Gasteiger partial charge on any atom is 0.330 e. The molecule has 0 bridgehead atoms. The second-order valence-electron chi connectivity index (χ2n) is 2.39. The molecule has 12 heavy (non-hydrogen) atoms. The van der Waals surface area contributed by atoms with E-state index in [1.165, 1.54) is 6.08 Å². The van der Waals surface area contributed by atoms with Crippen LogP contribution in [0, 0.1) is 12.3 Å². The molecular formula is C10H14O2. The Hall–Kier alpha value is -1.23. The van der Waals surface area contributed by atoms with Crippen LogP contribution in [0.4, 0.5) is 0 Å². The lowest BCUT2D eigenvalue weighted by atomic mass is 10.2. The molecule has 2 nitrogen and oxygen atoms in total. The predicted molar refractivity (Wildman–Crippen MR) is 48.5 cm³/mol. The van der Waals surface area contributed by atoms with Gasteiger partial charge in [-0.1, -0.05) is 6.58 Å². The molecule has 0 aromatic heterocycles. The molecule has 0 saturated heterocycles. The van der Waals surface area contributed by atoms with Gasteiger partial charge in [0.05, 0.1) is 6.61 Å². The van der Waals surface area contributed by atoms with Gasteiger partial charge < -0.3 is 4.74 Å². The van der Waals surface area contributed by atoms with Gasteiger partial charge in [0.15, 0.2) is 0 Å². The second-order valence-corrected chi connectivity index (χ2v) is 2.39. The van der Waals surface area contributed by atoms with Crippen LogP contribution in [0.2, 0.25) is 0 Å². The zero-order chi connectivity index (χ0) is 9.23. The summed E-state index contributed by atoms with van der Waals surface area (Å²) >= 11 is 0. The standard InChI is InChI=1S/C10H14O2/c1-3-5-6-7-8-9-12-10(11)4-2/h1,4H,2,5-9H2. The van der Waals surface area contributed by atoms with Crippen molar-refractivity contribution in [2.75, 3.05) is 6.61 Å². The normalized spacial score (nSPS) is 8.58. The SMILES string of the molecule is C#CCCCCCOC(=O)C=C. The highest BCUT2D eigenvalue weighted by atomic mass is 16.5. The Morgan fingerprint density at radius 2 is 2.25 bits per heavy atom. The van der Waals surface area contributed by atoms with E-state index in [1.54, 1.807) is 0 Å². The maximum atomic E-state index is 10.5. The second kappa shape index (κ2) is 7.87. The number of terminal acetylenes is 1. The Balaban J connectivity index is 3.06. The summed E-state index contributed by atoms with van der Waals surface area (Å²) in [7, 11) is 0. The largest absolute Gasteiger partial charge is 0.463 e. The molecule has 0 aliphatic heterocycles. The van der Waals surface area contributed by atoms with Crippen LogP contribution in [-0.2, 0) is 9.53 Å². The topological polar surface area (TPSA) is 26.3 Å². The number of carbonyl (C=O) groups is 1. The Morgan fingerprint density at radius 3 is 2.83 bits per heavy atom. The van der Waals surface area contributed by atoms with Crippen molar-refractivity contribution in [3.63, 3.8) is 0 Å². The first kappa shape index (κ1) is 10.8. The number of carbonyl (C=O) groups excluding carboxylic acids is 1. The van der Waals surface area contributed by atoms with Gasteiger partial charge in [0.25, 0.3) is 0 Å². The van der Waals surface area contributed by atoms with E-state index >= 15 is 0 Å². The quantitative estimate of drug-likeness (QED) is 0.261. The fourth-order valence-corrected chi connectivity index (χ4v) is 0.738. The van der Waals surface area contributed by atoms with Crippen LogP contribution in [-0.4, -0.2) is 12.6 Å². The Kier molecular flexibility index (Phi) is 7.07. The fraction of sp³-hybridized carbons (Fsp3) is 0.500. The number of esters is 1. The fourth-order valence-electron chi connectivity index (χ4n) is 0.738. The summed E-state index contributed by atoms with van der Waals surface area (Å²) in [4.78, 5) is 10.5. The van der Waals surface area contributed by atoms with Crippen LogP contribution in [0.15, 0.2) is 12.7 Å². The van der Waals surface area contributed by atoms with E-state index in [-0.39, 0.29) is 5.97 Å². The summed E-state index contributed by atoms with van der Waals surface area (Å²) in [5, 5.41) is 0. The third-order valence-electron chi connectivity index (χ3n) is 1.38. The van der Waals surface area contributed by atoms with Gasteiger partial charge in [0, 0.05) is 12.5 Å². The number of hydrogen-bond acceptors (Lipinski definition) is 2. The van der Waals surface area contributed by atoms with Gasteiger partial charge in [-0.2, -0.15) is 0 Å². The Bertz CT molecular complexity index is 177. The van der Waals surface area contributed by atoms with Gasteiger partial charge in [-0.3, -0.25) is 0 Å². The van der Waals surface area contributed by atoms with Crippen LogP contribution in [0.25, 0.3) is 0 Å². The number of ether oxygens (including phenoxy) is 1. The van der Waals surface area contributed by atoms with Crippen molar-refractivity contribution in [1.82, 2.24) is 0 Å². The smallest absolute Gasteiger partial charge is 0.330 e. The molecular weight excluding hydrogens is 152 g/mol. The Morgan fingerprint density at radius 1 is 1.50 bits per heavy atom. The summed E-state index contributed by atoms with van der Waals surface area (Å²) < 4.78 is 4.76. The monoisotopic (exact) mass is 166 g/mol. The average molecular weight is 166 g/mol. The third-order valence-corrected chi connectivity index (χ3v) is 1.38. The molecule has 0 atom stereocenters. The van der Waals surface area contributed by atoms with Gasteiger partial charge in [0.1, 0.15) is 0 Å². The van der Waals surface area contributed by atoms with Crippen molar-refractivity contribution in [3.05, 3.63) is 12.7 Å². The van der Waals surface area contributed by atoms with E-state index in [4.69, 9.17) is 11.2 Å². The molecule has 0 aromatic carbocycles. The zero-order valence-electron chi connectivity index (χ0n) is 7.21. The number of hydrogen-bond donors (Lipinski definition) is 0. The molecule has 0 aromatic rings. The molecule has 0 aliphatic rings. The summed E-state index contributed by atoms with van der Waals surface area (Å²) in [5.74, 6) is 2.20. The van der Waals surface area contributed by atoms with E-state index in [9.17, 15) is 4.79 Å². The van der Waals surface area contributed by atoms with E-state index in [1.807, 2.05) is 0 Å². The van der Waals surface area contributed by atoms with E-state index in [2.05, 4.69) is 12.5 Å². The summed E-state index contributed by atoms with van der Waals surface area (Å²) in [6, 6.07) is 0. The van der Waals surface area contributed by atoms with Gasteiger partial charge >= 0.3 is 5.97 Å². The molecule has 0 amide bonds. The van der Waals surface area contributed by atoms with Crippen molar-refractivity contribution in [1.29, 1.82) is 0 Å². The predicted octanol–water partition coefficient (Wildman–Crippen LogP) is 1.91. The van der Waals surface area contributed by atoms with Gasteiger partial charge in [0.2, 0.25) is 0 Å². The minimum absolute atomic E-state index is 0.355. The lowest BCUT2D eigenvalue weighted by molar-refractivity contribution is -0.137. The molecule has 0 fully saturated rings. The number of rotatable bonds is 6. The molecule has 66 valence electrons. The third kappa shape index (κ3) is 6.88.